The van der Waals surface area contributed by atoms with Crippen molar-refractivity contribution in [3.05, 3.63) is 12.2 Å². The first kappa shape index (κ1) is 16.5. The Balaban J connectivity index is 1.98. The minimum Gasteiger partial charge on any atom is -0.316 e. The van der Waals surface area contributed by atoms with Crippen molar-refractivity contribution in [2.75, 3.05) is 13.1 Å². The fourth-order valence-corrected chi connectivity index (χ4v) is 3.72. The van der Waals surface area contributed by atoms with Gasteiger partial charge >= 0.3 is 0 Å². The van der Waals surface area contributed by atoms with Gasteiger partial charge in [0, 0.05) is 13.0 Å². The van der Waals surface area contributed by atoms with Gasteiger partial charge in [-0.2, -0.15) is 5.10 Å². The van der Waals surface area contributed by atoms with Crippen LogP contribution in [0.4, 0.5) is 0 Å². The molecule has 4 heteroatoms. The van der Waals surface area contributed by atoms with Crippen molar-refractivity contribution in [1.29, 1.82) is 0 Å². The molecule has 0 radical (unpaired) electrons. The minimum absolute atomic E-state index is 0.766. The van der Waals surface area contributed by atoms with Crippen LogP contribution in [-0.4, -0.2) is 27.9 Å². The molecule has 1 saturated carbocycles. The first-order valence-corrected chi connectivity index (χ1v) is 8.85. The van der Waals surface area contributed by atoms with E-state index in [-0.39, 0.29) is 0 Å². The van der Waals surface area contributed by atoms with Crippen LogP contribution in [0.3, 0.4) is 0 Å². The molecule has 0 bridgehead atoms. The van der Waals surface area contributed by atoms with Crippen LogP contribution in [0, 0.1) is 17.8 Å². The third-order valence-electron chi connectivity index (χ3n) is 5.10. The van der Waals surface area contributed by atoms with E-state index in [1.807, 2.05) is 0 Å². The summed E-state index contributed by atoms with van der Waals surface area (Å²) < 4.78 is 2.06. The zero-order valence-corrected chi connectivity index (χ0v) is 14.0. The number of nitrogens with one attached hydrogen (secondary N) is 1. The molecule has 3 unspecified atom stereocenters. The van der Waals surface area contributed by atoms with Crippen LogP contribution < -0.4 is 5.32 Å². The largest absolute Gasteiger partial charge is 0.316 e. The Hall–Kier alpha value is -0.900. The lowest BCUT2D eigenvalue weighted by atomic mass is 9.71. The molecule has 0 amide bonds. The van der Waals surface area contributed by atoms with Gasteiger partial charge in [-0.05, 0) is 57.0 Å². The maximum absolute atomic E-state index is 4.49. The molecule has 0 aliphatic heterocycles. The topological polar surface area (TPSA) is 42.7 Å². The van der Waals surface area contributed by atoms with Crippen LogP contribution in [0.1, 0.15) is 58.7 Å². The number of aryl methyl sites for hydroxylation is 1. The summed E-state index contributed by atoms with van der Waals surface area (Å²) in [6, 6.07) is 0. The Bertz CT molecular complexity index is 399. The van der Waals surface area contributed by atoms with Gasteiger partial charge in [0.15, 0.2) is 0 Å². The van der Waals surface area contributed by atoms with E-state index in [1.54, 1.807) is 6.33 Å². The molecular formula is C17H32N4. The summed E-state index contributed by atoms with van der Waals surface area (Å²) in [5.74, 6) is 3.67. The number of hydrogen-bond donors (Lipinski definition) is 1. The molecule has 1 aliphatic rings. The third-order valence-corrected chi connectivity index (χ3v) is 5.10. The maximum Gasteiger partial charge on any atom is 0.138 e. The van der Waals surface area contributed by atoms with E-state index in [9.17, 15) is 0 Å². The zero-order chi connectivity index (χ0) is 15.1. The van der Waals surface area contributed by atoms with Gasteiger partial charge in [-0.3, -0.25) is 4.68 Å². The molecule has 1 aliphatic carbocycles. The van der Waals surface area contributed by atoms with Crippen LogP contribution in [0.25, 0.3) is 0 Å². The highest BCUT2D eigenvalue weighted by molar-refractivity contribution is 4.92. The quantitative estimate of drug-likeness (QED) is 0.748. The van der Waals surface area contributed by atoms with Crippen molar-refractivity contribution in [1.82, 2.24) is 20.1 Å². The van der Waals surface area contributed by atoms with Crippen LogP contribution in [0.2, 0.25) is 0 Å². The van der Waals surface area contributed by atoms with Crippen molar-refractivity contribution >= 4 is 0 Å². The summed E-state index contributed by atoms with van der Waals surface area (Å²) in [4.78, 5) is 4.49. The molecule has 120 valence electrons. The van der Waals surface area contributed by atoms with Gasteiger partial charge in [0.25, 0.3) is 0 Å². The van der Waals surface area contributed by atoms with Crippen LogP contribution in [0.15, 0.2) is 6.33 Å². The third kappa shape index (κ3) is 4.53. The molecule has 2 rings (SSSR count). The summed E-state index contributed by atoms with van der Waals surface area (Å²) in [5, 5.41) is 7.96. The Labute approximate surface area is 129 Å². The number of rotatable bonds is 8. The van der Waals surface area contributed by atoms with Gasteiger partial charge < -0.3 is 5.32 Å². The summed E-state index contributed by atoms with van der Waals surface area (Å²) in [7, 11) is 0. The molecule has 1 aromatic rings. The monoisotopic (exact) mass is 292 g/mol. The summed E-state index contributed by atoms with van der Waals surface area (Å²) in [6.07, 6.45) is 9.51. The van der Waals surface area contributed by atoms with Gasteiger partial charge in [0.05, 0.1) is 0 Å². The Morgan fingerprint density at radius 3 is 2.81 bits per heavy atom. The molecule has 0 aromatic carbocycles. The zero-order valence-electron chi connectivity index (χ0n) is 14.0. The summed E-state index contributed by atoms with van der Waals surface area (Å²) in [6.45, 7) is 9.97. The van der Waals surface area contributed by atoms with Gasteiger partial charge in [0.2, 0.25) is 0 Å². The summed E-state index contributed by atoms with van der Waals surface area (Å²) >= 11 is 0. The van der Waals surface area contributed by atoms with E-state index < -0.39 is 0 Å². The van der Waals surface area contributed by atoms with Crippen molar-refractivity contribution in [2.24, 2.45) is 17.8 Å². The van der Waals surface area contributed by atoms with Crippen LogP contribution >= 0.6 is 0 Å². The number of aromatic nitrogens is 3. The molecule has 3 atom stereocenters. The molecule has 1 aromatic heterocycles. The molecule has 4 nitrogen and oxygen atoms in total. The average Bonchev–Trinajstić information content (AvgIpc) is 2.96. The lowest BCUT2D eigenvalue weighted by molar-refractivity contribution is 0.168. The van der Waals surface area contributed by atoms with Crippen molar-refractivity contribution in [3.63, 3.8) is 0 Å². The predicted octanol–water partition coefficient (Wildman–Crippen LogP) is 3.28. The van der Waals surface area contributed by atoms with E-state index in [1.165, 1.54) is 44.5 Å². The Kier molecular flexibility index (Phi) is 6.68. The van der Waals surface area contributed by atoms with Gasteiger partial charge in [-0.15, -0.1) is 0 Å². The van der Waals surface area contributed by atoms with Crippen LogP contribution in [0.5, 0.6) is 0 Å². The second-order valence-corrected chi connectivity index (χ2v) is 6.51. The second kappa shape index (κ2) is 8.52. The smallest absolute Gasteiger partial charge is 0.138 e. The van der Waals surface area contributed by atoms with Gasteiger partial charge in [-0.1, -0.05) is 26.7 Å². The highest BCUT2D eigenvalue weighted by Gasteiger charge is 2.30. The Morgan fingerprint density at radius 2 is 2.10 bits per heavy atom. The lowest BCUT2D eigenvalue weighted by Gasteiger charge is -2.36. The van der Waals surface area contributed by atoms with E-state index in [2.05, 4.69) is 40.9 Å². The molecule has 1 N–H and O–H groups in total. The summed E-state index contributed by atoms with van der Waals surface area (Å²) in [5.41, 5.74) is 0. The van der Waals surface area contributed by atoms with Crippen molar-refractivity contribution < 1.29 is 0 Å². The van der Waals surface area contributed by atoms with Crippen LogP contribution in [-0.2, 0) is 13.0 Å². The van der Waals surface area contributed by atoms with Crippen molar-refractivity contribution in [3.8, 4) is 0 Å². The second-order valence-electron chi connectivity index (χ2n) is 6.51. The first-order valence-electron chi connectivity index (χ1n) is 8.85. The molecule has 0 spiro atoms. The standard InChI is InChI=1S/C17H32N4/c1-4-9-18-12-15-8-7-14(5-2)10-16(15)11-17-19-13-20-21(17)6-3/h13-16,18H,4-12H2,1-3H3. The predicted molar refractivity (Wildman–Crippen MR) is 87.2 cm³/mol. The highest BCUT2D eigenvalue weighted by Crippen LogP contribution is 2.36. The lowest BCUT2D eigenvalue weighted by Crippen LogP contribution is -2.35. The highest BCUT2D eigenvalue weighted by atomic mass is 15.3. The maximum atomic E-state index is 4.49. The average molecular weight is 292 g/mol. The normalized spacial score (nSPS) is 26.1. The van der Waals surface area contributed by atoms with E-state index in [0.29, 0.717) is 0 Å². The molecule has 0 saturated heterocycles. The van der Waals surface area contributed by atoms with E-state index in [0.717, 1.165) is 37.3 Å². The first-order chi connectivity index (χ1) is 10.3. The molecule has 1 fully saturated rings. The number of hydrogen-bond acceptors (Lipinski definition) is 3. The molecule has 1 heterocycles. The minimum atomic E-state index is 0.766. The van der Waals surface area contributed by atoms with Crippen molar-refractivity contribution in [2.45, 2.75) is 65.8 Å². The molecule has 21 heavy (non-hydrogen) atoms. The van der Waals surface area contributed by atoms with E-state index in [4.69, 9.17) is 0 Å². The molecular weight excluding hydrogens is 260 g/mol. The fraction of sp³-hybridized carbons (Fsp3) is 0.882. The fourth-order valence-electron chi connectivity index (χ4n) is 3.72. The van der Waals surface area contributed by atoms with Gasteiger partial charge in [-0.25, -0.2) is 4.98 Å². The van der Waals surface area contributed by atoms with Gasteiger partial charge in [0.1, 0.15) is 12.2 Å². The number of nitrogens with zero attached hydrogens (tertiary/aromatic N) is 3. The van der Waals surface area contributed by atoms with E-state index >= 15 is 0 Å². The Morgan fingerprint density at radius 1 is 1.24 bits per heavy atom. The SMILES string of the molecule is CCCNCC1CCC(CC)CC1Cc1ncnn1CC.